The molecule has 1 fully saturated rings. The Labute approximate surface area is 152 Å². The molecular weight excluding hydrogens is 334 g/mol. The lowest BCUT2D eigenvalue weighted by Gasteiger charge is -2.40. The maximum absolute atomic E-state index is 12.7. The largest absolute Gasteiger partial charge is 0.396 e. The number of carbonyl (C=O) groups is 2. The Morgan fingerprint density at radius 1 is 1.08 bits per heavy atom. The van der Waals surface area contributed by atoms with Crippen molar-refractivity contribution in [1.29, 1.82) is 0 Å². The van der Waals surface area contributed by atoms with Crippen molar-refractivity contribution in [3.05, 3.63) is 57.8 Å². The van der Waals surface area contributed by atoms with Crippen LogP contribution in [0.3, 0.4) is 0 Å². The molecule has 1 aromatic heterocycles. The summed E-state index contributed by atoms with van der Waals surface area (Å²) in [6.45, 7) is 2.93. The second-order valence-corrected chi connectivity index (χ2v) is 7.92. The number of amides is 1. The van der Waals surface area contributed by atoms with Crippen molar-refractivity contribution < 1.29 is 14.7 Å². The minimum atomic E-state index is -0.155. The minimum Gasteiger partial charge on any atom is -0.396 e. The van der Waals surface area contributed by atoms with Gasteiger partial charge in [0.2, 0.25) is 0 Å². The lowest BCUT2D eigenvalue weighted by atomic mass is 9.74. The molecule has 0 aliphatic carbocycles. The molecule has 0 bridgehead atoms. The van der Waals surface area contributed by atoms with Crippen LogP contribution in [0.4, 0.5) is 0 Å². The number of benzene rings is 1. The van der Waals surface area contributed by atoms with E-state index in [2.05, 4.69) is 12.1 Å². The van der Waals surface area contributed by atoms with Crippen LogP contribution in [-0.4, -0.2) is 41.4 Å². The molecule has 25 heavy (non-hydrogen) atoms. The molecule has 1 saturated heterocycles. The number of thiophene rings is 1. The molecule has 1 N–H and O–H groups in total. The van der Waals surface area contributed by atoms with Crippen LogP contribution in [-0.2, 0) is 6.42 Å². The Balaban J connectivity index is 1.65. The standard InChI is InChI=1S/C20H23NO3S/c1-15(23)17-7-8-18(25-17)19(24)21-11-9-20(14-22,10-12-21)13-16-5-3-2-4-6-16/h2-8,22H,9-14H2,1H3. The number of hydrogen-bond acceptors (Lipinski definition) is 4. The first-order valence-electron chi connectivity index (χ1n) is 8.58. The lowest BCUT2D eigenvalue weighted by molar-refractivity contribution is 0.0361. The molecule has 1 aromatic carbocycles. The van der Waals surface area contributed by atoms with Gasteiger partial charge in [0.1, 0.15) is 0 Å². The monoisotopic (exact) mass is 357 g/mol. The average molecular weight is 357 g/mol. The Hall–Kier alpha value is -1.98. The van der Waals surface area contributed by atoms with Gasteiger partial charge in [0.15, 0.2) is 5.78 Å². The van der Waals surface area contributed by atoms with E-state index in [1.54, 1.807) is 12.1 Å². The highest BCUT2D eigenvalue weighted by atomic mass is 32.1. The molecule has 3 rings (SSSR count). The summed E-state index contributed by atoms with van der Waals surface area (Å²) in [6.07, 6.45) is 2.41. The number of carbonyl (C=O) groups excluding carboxylic acids is 2. The van der Waals surface area contributed by atoms with Gasteiger partial charge in [0.05, 0.1) is 9.75 Å². The second kappa shape index (κ2) is 7.50. The summed E-state index contributed by atoms with van der Waals surface area (Å²) >= 11 is 1.26. The molecule has 1 amide bonds. The normalized spacial score (nSPS) is 16.6. The van der Waals surface area contributed by atoms with Gasteiger partial charge in [0, 0.05) is 25.1 Å². The fourth-order valence-corrected chi connectivity index (χ4v) is 4.27. The number of aliphatic hydroxyl groups is 1. The highest BCUT2D eigenvalue weighted by Crippen LogP contribution is 2.35. The van der Waals surface area contributed by atoms with Gasteiger partial charge in [-0.05, 0) is 43.9 Å². The molecule has 132 valence electrons. The van der Waals surface area contributed by atoms with Crippen molar-refractivity contribution in [2.45, 2.75) is 26.2 Å². The number of likely N-dealkylation sites (tertiary alicyclic amines) is 1. The van der Waals surface area contributed by atoms with Gasteiger partial charge in [-0.1, -0.05) is 30.3 Å². The molecule has 0 radical (unpaired) electrons. The van der Waals surface area contributed by atoms with Crippen LogP contribution >= 0.6 is 11.3 Å². The zero-order valence-electron chi connectivity index (χ0n) is 14.4. The van der Waals surface area contributed by atoms with Crippen molar-refractivity contribution in [3.8, 4) is 0 Å². The van der Waals surface area contributed by atoms with Crippen LogP contribution in [0.15, 0.2) is 42.5 Å². The summed E-state index contributed by atoms with van der Waals surface area (Å²) < 4.78 is 0. The van der Waals surface area contributed by atoms with E-state index in [1.165, 1.54) is 23.8 Å². The lowest BCUT2D eigenvalue weighted by Crippen LogP contribution is -2.45. The summed E-state index contributed by atoms with van der Waals surface area (Å²) in [5, 5.41) is 9.97. The molecule has 2 aromatic rings. The van der Waals surface area contributed by atoms with Gasteiger partial charge < -0.3 is 10.0 Å². The van der Waals surface area contributed by atoms with Gasteiger partial charge >= 0.3 is 0 Å². The van der Waals surface area contributed by atoms with Crippen LogP contribution in [0, 0.1) is 5.41 Å². The van der Waals surface area contributed by atoms with Crippen LogP contribution in [0.5, 0.6) is 0 Å². The molecule has 0 atom stereocenters. The number of nitrogens with zero attached hydrogens (tertiary/aromatic N) is 1. The third-order valence-electron chi connectivity index (χ3n) is 5.03. The number of piperidine rings is 1. The van der Waals surface area contributed by atoms with Crippen molar-refractivity contribution >= 4 is 23.0 Å². The predicted octanol–water partition coefficient (Wildman–Crippen LogP) is 3.41. The number of ketones is 1. The van der Waals surface area contributed by atoms with Crippen LogP contribution < -0.4 is 0 Å². The maximum atomic E-state index is 12.7. The topological polar surface area (TPSA) is 57.6 Å². The predicted molar refractivity (Wildman–Crippen MR) is 99.1 cm³/mol. The summed E-state index contributed by atoms with van der Waals surface area (Å²) in [5.41, 5.74) is 1.07. The van der Waals surface area contributed by atoms with Gasteiger partial charge in [-0.3, -0.25) is 9.59 Å². The second-order valence-electron chi connectivity index (χ2n) is 6.83. The third kappa shape index (κ3) is 3.99. The molecule has 1 aliphatic rings. The number of hydrogen-bond donors (Lipinski definition) is 1. The highest BCUT2D eigenvalue weighted by Gasteiger charge is 2.36. The van der Waals surface area contributed by atoms with Crippen molar-refractivity contribution in [2.75, 3.05) is 19.7 Å². The molecule has 5 heteroatoms. The van der Waals surface area contributed by atoms with E-state index in [0.29, 0.717) is 22.8 Å². The Kier molecular flexibility index (Phi) is 5.35. The number of rotatable bonds is 5. The van der Waals surface area contributed by atoms with Gasteiger partial charge in [-0.25, -0.2) is 0 Å². The van der Waals surface area contributed by atoms with Crippen LogP contribution in [0.25, 0.3) is 0 Å². The Morgan fingerprint density at radius 3 is 2.28 bits per heavy atom. The summed E-state index contributed by atoms with van der Waals surface area (Å²) in [5.74, 6) is -0.0198. The van der Waals surface area contributed by atoms with Crippen molar-refractivity contribution in [2.24, 2.45) is 5.41 Å². The molecule has 4 nitrogen and oxygen atoms in total. The molecule has 2 heterocycles. The maximum Gasteiger partial charge on any atom is 0.263 e. The van der Waals surface area contributed by atoms with E-state index in [0.717, 1.165) is 19.3 Å². The number of Topliss-reactive ketones (excluding diaryl/α,β-unsaturated/α-hetero) is 1. The Morgan fingerprint density at radius 2 is 1.72 bits per heavy atom. The zero-order chi connectivity index (χ0) is 17.9. The van der Waals surface area contributed by atoms with Crippen molar-refractivity contribution in [3.63, 3.8) is 0 Å². The van der Waals surface area contributed by atoms with E-state index in [-0.39, 0.29) is 23.7 Å². The van der Waals surface area contributed by atoms with Crippen LogP contribution in [0.2, 0.25) is 0 Å². The van der Waals surface area contributed by atoms with E-state index < -0.39 is 0 Å². The van der Waals surface area contributed by atoms with E-state index >= 15 is 0 Å². The molecule has 0 unspecified atom stereocenters. The zero-order valence-corrected chi connectivity index (χ0v) is 15.2. The first kappa shape index (κ1) is 17.8. The number of aliphatic hydroxyl groups excluding tert-OH is 1. The summed E-state index contributed by atoms with van der Waals surface area (Å²) in [7, 11) is 0. The fourth-order valence-electron chi connectivity index (χ4n) is 3.40. The van der Waals surface area contributed by atoms with Gasteiger partial charge in [-0.15, -0.1) is 11.3 Å². The fraction of sp³-hybridized carbons (Fsp3) is 0.400. The van der Waals surface area contributed by atoms with Crippen molar-refractivity contribution in [1.82, 2.24) is 4.90 Å². The molecule has 0 saturated carbocycles. The minimum absolute atomic E-state index is 0.00940. The SMILES string of the molecule is CC(=O)c1ccc(C(=O)N2CCC(CO)(Cc3ccccc3)CC2)s1. The van der Waals surface area contributed by atoms with E-state index in [9.17, 15) is 14.7 Å². The molecule has 1 aliphatic heterocycles. The quantitative estimate of drug-likeness (QED) is 0.835. The average Bonchev–Trinajstić information content (AvgIpc) is 3.13. The summed E-state index contributed by atoms with van der Waals surface area (Å²) in [6, 6.07) is 13.7. The first-order chi connectivity index (χ1) is 12.0. The smallest absolute Gasteiger partial charge is 0.263 e. The van der Waals surface area contributed by atoms with E-state index in [4.69, 9.17) is 0 Å². The van der Waals surface area contributed by atoms with Gasteiger partial charge in [-0.2, -0.15) is 0 Å². The first-order valence-corrected chi connectivity index (χ1v) is 9.39. The van der Waals surface area contributed by atoms with Gasteiger partial charge in [0.25, 0.3) is 5.91 Å². The summed E-state index contributed by atoms with van der Waals surface area (Å²) in [4.78, 5) is 27.1. The molecular formula is C20H23NO3S. The Bertz CT molecular complexity index is 745. The van der Waals surface area contributed by atoms with Crippen LogP contribution in [0.1, 0.15) is 44.7 Å². The van der Waals surface area contributed by atoms with E-state index in [1.807, 2.05) is 23.1 Å². The molecule has 0 spiro atoms. The third-order valence-corrected chi connectivity index (χ3v) is 6.21. The highest BCUT2D eigenvalue weighted by molar-refractivity contribution is 7.15.